The Bertz CT molecular complexity index is 1370. The highest BCUT2D eigenvalue weighted by atomic mass is 35.5. The van der Waals surface area contributed by atoms with E-state index in [0.29, 0.717) is 57.2 Å². The van der Waals surface area contributed by atoms with Gasteiger partial charge < -0.3 is 14.4 Å². The second kappa shape index (κ2) is 10.8. The number of aryl methyl sites for hydroxylation is 1. The van der Waals surface area contributed by atoms with E-state index in [9.17, 15) is 9.59 Å². The highest BCUT2D eigenvalue weighted by Gasteiger charge is 2.46. The number of fused-ring (bicyclic) bond motifs is 2. The molecule has 2 aliphatic rings. The van der Waals surface area contributed by atoms with Crippen molar-refractivity contribution >= 4 is 39.9 Å². The van der Waals surface area contributed by atoms with Crippen LogP contribution in [0.5, 0.6) is 10.9 Å². The molecule has 0 spiro atoms. The lowest BCUT2D eigenvalue weighted by Gasteiger charge is -2.32. The van der Waals surface area contributed by atoms with E-state index in [2.05, 4.69) is 25.5 Å². The van der Waals surface area contributed by atoms with Gasteiger partial charge >= 0.3 is 0 Å². The molecule has 12 heteroatoms. The van der Waals surface area contributed by atoms with Crippen LogP contribution in [0, 0.1) is 24.7 Å². The summed E-state index contributed by atoms with van der Waals surface area (Å²) in [5.74, 6) is 1.17. The van der Waals surface area contributed by atoms with Crippen LogP contribution in [0.1, 0.15) is 42.7 Å². The van der Waals surface area contributed by atoms with E-state index in [1.54, 1.807) is 12.1 Å². The van der Waals surface area contributed by atoms with Gasteiger partial charge in [0.2, 0.25) is 11.0 Å². The molecule has 200 valence electrons. The fraction of sp³-hybridized carbons (Fsp3) is 0.462. The normalized spacial score (nSPS) is 20.2. The number of ether oxygens (including phenoxy) is 2. The number of nitrogens with zero attached hydrogens (tertiary/aromatic N) is 5. The summed E-state index contributed by atoms with van der Waals surface area (Å²) in [6.45, 7) is 7.05. The van der Waals surface area contributed by atoms with E-state index in [1.807, 2.05) is 25.7 Å². The zero-order chi connectivity index (χ0) is 27.0. The molecule has 2 amide bonds. The molecule has 3 unspecified atom stereocenters. The van der Waals surface area contributed by atoms with Crippen LogP contribution in [0.2, 0.25) is 5.15 Å². The SMILES string of the molecule is COc1cnc(Cl)cc1-c1cc(C)ncc1C(=O)Nc1nnc(OCC2CC3CC2CN3C(=O)C(C)C)s1. The number of piperidine rings is 1. The maximum absolute atomic E-state index is 13.2. The quantitative estimate of drug-likeness (QED) is 0.403. The van der Waals surface area contributed by atoms with Gasteiger partial charge in [0, 0.05) is 41.5 Å². The van der Waals surface area contributed by atoms with Gasteiger partial charge in [0.25, 0.3) is 11.1 Å². The summed E-state index contributed by atoms with van der Waals surface area (Å²) in [5.41, 5.74) is 2.30. The van der Waals surface area contributed by atoms with Crippen molar-refractivity contribution in [1.29, 1.82) is 0 Å². The Morgan fingerprint density at radius 3 is 2.71 bits per heavy atom. The van der Waals surface area contributed by atoms with Crippen molar-refractivity contribution in [1.82, 2.24) is 25.1 Å². The van der Waals surface area contributed by atoms with Gasteiger partial charge in [-0.1, -0.05) is 30.5 Å². The van der Waals surface area contributed by atoms with Crippen molar-refractivity contribution < 1.29 is 19.1 Å². The number of pyridine rings is 2. The smallest absolute Gasteiger partial charge is 0.295 e. The Morgan fingerprint density at radius 2 is 2.00 bits per heavy atom. The highest BCUT2D eigenvalue weighted by molar-refractivity contribution is 7.17. The molecule has 10 nitrogen and oxygen atoms in total. The molecule has 4 heterocycles. The predicted molar refractivity (Wildman–Crippen MR) is 144 cm³/mol. The average molecular weight is 557 g/mol. The van der Waals surface area contributed by atoms with Gasteiger partial charge in [0.1, 0.15) is 10.9 Å². The highest BCUT2D eigenvalue weighted by Crippen LogP contribution is 2.43. The number of anilines is 1. The molecule has 0 aromatic carbocycles. The molecule has 1 aliphatic heterocycles. The first-order chi connectivity index (χ1) is 18.2. The third-order valence-corrected chi connectivity index (χ3v) is 8.10. The number of carbonyl (C=O) groups excluding carboxylic acids is 2. The minimum Gasteiger partial charge on any atom is -0.494 e. The third-order valence-electron chi connectivity index (χ3n) is 7.14. The largest absolute Gasteiger partial charge is 0.494 e. The fourth-order valence-electron chi connectivity index (χ4n) is 5.28. The zero-order valence-electron chi connectivity index (χ0n) is 21.6. The number of methoxy groups -OCH3 is 1. The van der Waals surface area contributed by atoms with Gasteiger partial charge in [-0.15, -0.1) is 5.10 Å². The molecule has 2 fully saturated rings. The average Bonchev–Trinajstić information content (AvgIpc) is 3.63. The topological polar surface area (TPSA) is 119 Å². The van der Waals surface area contributed by atoms with Gasteiger partial charge in [0.05, 0.1) is 25.5 Å². The number of hydrogen-bond donors (Lipinski definition) is 1. The molecule has 3 atom stereocenters. The first-order valence-corrected chi connectivity index (χ1v) is 13.7. The molecular formula is C26H29ClN6O4S. The summed E-state index contributed by atoms with van der Waals surface area (Å²) in [4.78, 5) is 36.0. The van der Waals surface area contributed by atoms with E-state index in [-0.39, 0.29) is 17.0 Å². The molecule has 1 saturated carbocycles. The van der Waals surface area contributed by atoms with Crippen LogP contribution in [0.4, 0.5) is 5.13 Å². The maximum Gasteiger partial charge on any atom is 0.295 e. The number of nitrogens with one attached hydrogen (secondary N) is 1. The van der Waals surface area contributed by atoms with Gasteiger partial charge in [-0.2, -0.15) is 0 Å². The molecule has 3 aromatic heterocycles. The van der Waals surface area contributed by atoms with Crippen LogP contribution in [0.15, 0.2) is 24.5 Å². The van der Waals surface area contributed by atoms with Crippen LogP contribution in [-0.2, 0) is 4.79 Å². The summed E-state index contributed by atoms with van der Waals surface area (Å²) in [7, 11) is 1.53. The van der Waals surface area contributed by atoms with Crippen molar-refractivity contribution in [2.24, 2.45) is 17.8 Å². The first kappa shape index (κ1) is 26.3. The molecule has 1 saturated heterocycles. The number of aromatic nitrogens is 4. The van der Waals surface area contributed by atoms with Crippen LogP contribution in [0.25, 0.3) is 11.1 Å². The lowest BCUT2D eigenvalue weighted by molar-refractivity contribution is -0.136. The minimum absolute atomic E-state index is 0.0235. The summed E-state index contributed by atoms with van der Waals surface area (Å²) >= 11 is 7.29. The Kier molecular flexibility index (Phi) is 7.49. The van der Waals surface area contributed by atoms with E-state index in [0.717, 1.165) is 25.1 Å². The van der Waals surface area contributed by atoms with E-state index >= 15 is 0 Å². The first-order valence-electron chi connectivity index (χ1n) is 12.5. The van der Waals surface area contributed by atoms with Gasteiger partial charge in [-0.05, 0) is 55.1 Å². The monoisotopic (exact) mass is 556 g/mol. The second-order valence-electron chi connectivity index (χ2n) is 10.0. The van der Waals surface area contributed by atoms with Crippen molar-refractivity contribution in [3.05, 3.63) is 40.9 Å². The summed E-state index contributed by atoms with van der Waals surface area (Å²) in [6.07, 6.45) is 5.00. The standard InChI is InChI=1S/C26H29ClN6O4S/c1-13(2)24(35)33-11-15-6-17(33)7-16(15)12-37-26-32-31-25(38-26)30-23(34)20-9-28-14(3)5-18(20)19-8-22(27)29-10-21(19)36-4/h5,8-10,13,15-17H,6-7,11-12H2,1-4H3,(H,30,31,34). The van der Waals surface area contributed by atoms with E-state index in [1.165, 1.54) is 30.8 Å². The zero-order valence-corrected chi connectivity index (χ0v) is 23.2. The number of carbonyl (C=O) groups is 2. The summed E-state index contributed by atoms with van der Waals surface area (Å²) < 4.78 is 11.4. The van der Waals surface area contributed by atoms with Crippen LogP contribution < -0.4 is 14.8 Å². The van der Waals surface area contributed by atoms with E-state index in [4.69, 9.17) is 21.1 Å². The second-order valence-corrected chi connectivity index (χ2v) is 11.3. The van der Waals surface area contributed by atoms with Crippen molar-refractivity contribution in [3.63, 3.8) is 0 Å². The Morgan fingerprint density at radius 1 is 1.18 bits per heavy atom. The Balaban J connectivity index is 1.23. The number of hydrogen-bond acceptors (Lipinski definition) is 9. The Hall–Kier alpha value is -3.31. The predicted octanol–water partition coefficient (Wildman–Crippen LogP) is 4.49. The fourth-order valence-corrected chi connectivity index (χ4v) is 6.04. The van der Waals surface area contributed by atoms with Gasteiger partial charge in [-0.25, -0.2) is 4.98 Å². The molecule has 38 heavy (non-hydrogen) atoms. The lowest BCUT2D eigenvalue weighted by atomic mass is 9.95. The lowest BCUT2D eigenvalue weighted by Crippen LogP contribution is -2.43. The maximum atomic E-state index is 13.2. The van der Waals surface area contributed by atoms with Crippen LogP contribution in [-0.4, -0.2) is 63.2 Å². The minimum atomic E-state index is -0.395. The molecule has 1 aliphatic carbocycles. The number of likely N-dealkylation sites (tertiary alicyclic amines) is 1. The van der Waals surface area contributed by atoms with Crippen molar-refractivity contribution in [2.75, 3.05) is 25.6 Å². The molecular weight excluding hydrogens is 528 g/mol. The van der Waals surface area contributed by atoms with Crippen molar-refractivity contribution in [2.45, 2.75) is 39.7 Å². The molecule has 1 N–H and O–H groups in total. The van der Waals surface area contributed by atoms with Gasteiger partial charge in [-0.3, -0.25) is 19.9 Å². The van der Waals surface area contributed by atoms with Crippen LogP contribution in [0.3, 0.4) is 0 Å². The molecule has 2 bridgehead atoms. The Labute approximate surface area is 229 Å². The molecule has 0 radical (unpaired) electrons. The van der Waals surface area contributed by atoms with Crippen LogP contribution >= 0.6 is 22.9 Å². The molecule has 3 aromatic rings. The summed E-state index contributed by atoms with van der Waals surface area (Å²) in [5, 5.41) is 12.0. The number of rotatable bonds is 8. The number of halogens is 1. The summed E-state index contributed by atoms with van der Waals surface area (Å²) in [6, 6.07) is 3.75. The molecule has 5 rings (SSSR count). The third kappa shape index (κ3) is 5.30. The van der Waals surface area contributed by atoms with E-state index < -0.39 is 5.91 Å². The van der Waals surface area contributed by atoms with Gasteiger partial charge in [0.15, 0.2) is 0 Å². The number of amides is 2. The van der Waals surface area contributed by atoms with Crippen molar-refractivity contribution in [3.8, 4) is 22.1 Å².